The first-order valence-corrected chi connectivity index (χ1v) is 10.5. The number of nitrogens with one attached hydrogen (secondary N) is 1. The summed E-state index contributed by atoms with van der Waals surface area (Å²) in [5.74, 6) is 1.20. The van der Waals surface area contributed by atoms with Crippen LogP contribution in [0, 0.1) is 0 Å². The molecule has 0 aliphatic carbocycles. The van der Waals surface area contributed by atoms with E-state index in [2.05, 4.69) is 10.4 Å². The number of amides is 1. The zero-order chi connectivity index (χ0) is 18.8. The molecular weight excluding hydrogens is 358 g/mol. The first kappa shape index (κ1) is 17.7. The van der Waals surface area contributed by atoms with Gasteiger partial charge < -0.3 is 5.32 Å². The summed E-state index contributed by atoms with van der Waals surface area (Å²) in [6, 6.07) is 19.5. The van der Waals surface area contributed by atoms with Crippen molar-refractivity contribution in [3.8, 4) is 5.69 Å². The van der Waals surface area contributed by atoms with Crippen molar-refractivity contribution in [2.45, 2.75) is 30.8 Å². The lowest BCUT2D eigenvalue weighted by atomic mass is 9.95. The number of anilines is 1. The van der Waals surface area contributed by atoms with Gasteiger partial charge in [0, 0.05) is 16.4 Å². The van der Waals surface area contributed by atoms with Gasteiger partial charge in [0.05, 0.1) is 28.8 Å². The predicted molar refractivity (Wildman–Crippen MR) is 107 cm³/mol. The van der Waals surface area contributed by atoms with Gasteiger partial charge in [0.1, 0.15) is 5.82 Å². The quantitative estimate of drug-likeness (QED) is 0.734. The lowest BCUT2D eigenvalue weighted by Gasteiger charge is -2.17. The van der Waals surface area contributed by atoms with Crippen LogP contribution in [0.5, 0.6) is 0 Å². The highest BCUT2D eigenvalue weighted by Gasteiger charge is 2.29. The molecule has 6 heteroatoms. The van der Waals surface area contributed by atoms with E-state index in [4.69, 9.17) is 0 Å². The summed E-state index contributed by atoms with van der Waals surface area (Å²) >= 11 is 0. The van der Waals surface area contributed by atoms with Gasteiger partial charge in [-0.2, -0.15) is 5.10 Å². The van der Waals surface area contributed by atoms with Gasteiger partial charge in [-0.15, -0.1) is 0 Å². The number of benzene rings is 2. The fourth-order valence-electron chi connectivity index (χ4n) is 3.47. The number of aromatic nitrogens is 2. The van der Waals surface area contributed by atoms with Crippen molar-refractivity contribution >= 4 is 22.5 Å². The van der Waals surface area contributed by atoms with Gasteiger partial charge in [0.2, 0.25) is 5.91 Å². The van der Waals surface area contributed by atoms with Crippen molar-refractivity contribution in [1.82, 2.24) is 9.78 Å². The van der Waals surface area contributed by atoms with Crippen LogP contribution in [0.4, 0.5) is 5.82 Å². The second kappa shape index (κ2) is 7.48. The molecule has 0 spiro atoms. The van der Waals surface area contributed by atoms with Gasteiger partial charge >= 0.3 is 0 Å². The van der Waals surface area contributed by atoms with Gasteiger partial charge in [0.25, 0.3) is 0 Å². The fourth-order valence-corrected chi connectivity index (χ4v) is 4.74. The van der Waals surface area contributed by atoms with E-state index in [9.17, 15) is 9.00 Å². The standard InChI is InChI=1S/C21H21N3O2S/c1-2-17(15-9-5-3-6-10-15)21(25)22-20-18-13-27(26)14-19(18)23-24(20)16-11-7-4-8-12-16/h3-12,17H,2,13-14H2,1H3,(H,22,25). The van der Waals surface area contributed by atoms with Crippen LogP contribution in [0.25, 0.3) is 5.69 Å². The number of nitrogens with zero attached hydrogens (tertiary/aromatic N) is 2. The summed E-state index contributed by atoms with van der Waals surface area (Å²) in [7, 11) is -0.954. The smallest absolute Gasteiger partial charge is 0.233 e. The molecule has 138 valence electrons. The monoisotopic (exact) mass is 379 g/mol. The second-order valence-electron chi connectivity index (χ2n) is 6.61. The highest BCUT2D eigenvalue weighted by Crippen LogP contribution is 2.32. The predicted octanol–water partition coefficient (Wildman–Crippen LogP) is 3.77. The molecule has 27 heavy (non-hydrogen) atoms. The highest BCUT2D eigenvalue weighted by molar-refractivity contribution is 7.83. The summed E-state index contributed by atoms with van der Waals surface area (Å²) in [6.45, 7) is 2.01. The lowest BCUT2D eigenvalue weighted by Crippen LogP contribution is -2.23. The van der Waals surface area contributed by atoms with Gasteiger partial charge in [-0.25, -0.2) is 4.68 Å². The van der Waals surface area contributed by atoms with Gasteiger partial charge in [-0.05, 0) is 24.1 Å². The molecule has 0 radical (unpaired) electrons. The molecule has 1 amide bonds. The van der Waals surface area contributed by atoms with E-state index in [1.165, 1.54) is 0 Å². The molecule has 1 aromatic heterocycles. The molecule has 2 unspecified atom stereocenters. The number of rotatable bonds is 5. The van der Waals surface area contributed by atoms with E-state index in [0.717, 1.165) is 22.5 Å². The van der Waals surface area contributed by atoms with E-state index >= 15 is 0 Å². The first-order valence-electron chi connectivity index (χ1n) is 9.04. The number of hydrogen-bond donors (Lipinski definition) is 1. The Morgan fingerprint density at radius 1 is 1.11 bits per heavy atom. The Morgan fingerprint density at radius 3 is 2.44 bits per heavy atom. The third kappa shape index (κ3) is 3.45. The minimum Gasteiger partial charge on any atom is -0.310 e. The number of para-hydroxylation sites is 1. The SMILES string of the molecule is CCC(C(=O)Nc1c2c(nn1-c1ccccc1)CS(=O)C2)c1ccccc1. The van der Waals surface area contributed by atoms with Gasteiger partial charge in [0.15, 0.2) is 0 Å². The molecule has 0 bridgehead atoms. The van der Waals surface area contributed by atoms with Crippen LogP contribution in [0.2, 0.25) is 0 Å². The van der Waals surface area contributed by atoms with Crippen LogP contribution in [-0.2, 0) is 27.1 Å². The molecule has 1 N–H and O–H groups in total. The third-order valence-corrected chi connectivity index (χ3v) is 6.04. The lowest BCUT2D eigenvalue weighted by molar-refractivity contribution is -0.117. The Bertz CT molecular complexity index is 983. The molecule has 1 aliphatic rings. The summed E-state index contributed by atoms with van der Waals surface area (Å²) < 4.78 is 13.8. The minimum atomic E-state index is -0.954. The Labute approximate surface area is 160 Å². The summed E-state index contributed by atoms with van der Waals surface area (Å²) in [5, 5.41) is 7.72. The summed E-state index contributed by atoms with van der Waals surface area (Å²) in [4.78, 5) is 13.1. The van der Waals surface area contributed by atoms with Crippen molar-refractivity contribution < 1.29 is 9.00 Å². The van der Waals surface area contributed by atoms with Gasteiger partial charge in [-0.3, -0.25) is 9.00 Å². The maximum Gasteiger partial charge on any atom is 0.233 e. The molecule has 3 aromatic rings. The van der Waals surface area contributed by atoms with Crippen LogP contribution >= 0.6 is 0 Å². The number of hydrogen-bond acceptors (Lipinski definition) is 3. The minimum absolute atomic E-state index is 0.0683. The maximum absolute atomic E-state index is 13.1. The van der Waals surface area contributed by atoms with E-state index < -0.39 is 10.8 Å². The molecular formula is C21H21N3O2S. The second-order valence-corrected chi connectivity index (χ2v) is 8.07. The average molecular weight is 379 g/mol. The van der Waals surface area contributed by atoms with Crippen molar-refractivity contribution in [3.05, 3.63) is 77.5 Å². The zero-order valence-electron chi connectivity index (χ0n) is 15.1. The van der Waals surface area contributed by atoms with E-state index in [1.54, 1.807) is 4.68 Å². The Balaban J connectivity index is 1.71. The van der Waals surface area contributed by atoms with Crippen LogP contribution in [0.1, 0.15) is 36.1 Å². The molecule has 4 rings (SSSR count). The molecule has 1 aliphatic heterocycles. The van der Waals surface area contributed by atoms with E-state index in [-0.39, 0.29) is 11.8 Å². The normalized spacial score (nSPS) is 16.7. The molecule has 0 saturated heterocycles. The number of carbonyl (C=O) groups excluding carboxylic acids is 1. The van der Waals surface area contributed by atoms with Crippen molar-refractivity contribution in [1.29, 1.82) is 0 Å². The Kier molecular flexibility index (Phi) is 4.90. The summed E-state index contributed by atoms with van der Waals surface area (Å²) in [6.07, 6.45) is 0.698. The van der Waals surface area contributed by atoms with Crippen molar-refractivity contribution in [3.63, 3.8) is 0 Å². The molecule has 5 nitrogen and oxygen atoms in total. The van der Waals surface area contributed by atoms with Crippen LogP contribution in [0.15, 0.2) is 60.7 Å². The number of fused-ring (bicyclic) bond motifs is 1. The van der Waals surface area contributed by atoms with Crippen molar-refractivity contribution in [2.75, 3.05) is 5.32 Å². The fraction of sp³-hybridized carbons (Fsp3) is 0.238. The van der Waals surface area contributed by atoms with E-state index in [0.29, 0.717) is 23.7 Å². The van der Waals surface area contributed by atoms with Gasteiger partial charge in [-0.1, -0.05) is 55.5 Å². The van der Waals surface area contributed by atoms with Crippen LogP contribution in [0.3, 0.4) is 0 Å². The molecule has 0 fully saturated rings. The highest BCUT2D eigenvalue weighted by atomic mass is 32.2. The summed E-state index contributed by atoms with van der Waals surface area (Å²) in [5.41, 5.74) is 3.55. The first-order chi connectivity index (χ1) is 13.2. The van der Waals surface area contributed by atoms with Crippen molar-refractivity contribution in [2.24, 2.45) is 0 Å². The third-order valence-electron chi connectivity index (χ3n) is 4.84. The van der Waals surface area contributed by atoms with E-state index in [1.807, 2.05) is 67.6 Å². The Hall–Kier alpha value is -2.73. The zero-order valence-corrected chi connectivity index (χ0v) is 15.9. The topological polar surface area (TPSA) is 64.0 Å². The molecule has 0 saturated carbocycles. The van der Waals surface area contributed by atoms with Crippen LogP contribution in [-0.4, -0.2) is 19.9 Å². The largest absolute Gasteiger partial charge is 0.310 e. The maximum atomic E-state index is 13.1. The molecule has 2 aromatic carbocycles. The molecule has 2 heterocycles. The van der Waals surface area contributed by atoms with Crippen LogP contribution < -0.4 is 5.32 Å². The number of carbonyl (C=O) groups is 1. The Morgan fingerprint density at radius 2 is 1.78 bits per heavy atom. The molecule has 2 atom stereocenters. The average Bonchev–Trinajstić information content (AvgIpc) is 3.21.